The van der Waals surface area contributed by atoms with Gasteiger partial charge in [-0.3, -0.25) is 9.80 Å². The molecule has 0 radical (unpaired) electrons. The summed E-state index contributed by atoms with van der Waals surface area (Å²) in [7, 11) is 0. The fraction of sp³-hybridized carbons (Fsp3) is 0.368. The molecule has 0 saturated carbocycles. The minimum Gasteiger partial charge on any atom is -0.329 e. The number of hydrogen-bond acceptors (Lipinski definition) is 3. The van der Waals surface area contributed by atoms with Gasteiger partial charge in [-0.25, -0.2) is 0 Å². The maximum absolute atomic E-state index is 6.04. The van der Waals surface area contributed by atoms with Gasteiger partial charge in [0.05, 0.1) is 0 Å². The van der Waals surface area contributed by atoms with Crippen molar-refractivity contribution in [1.29, 1.82) is 0 Å². The third-order valence-electron chi connectivity index (χ3n) is 4.50. The monoisotopic (exact) mass is 295 g/mol. The smallest absolute Gasteiger partial charge is 0.0471 e. The predicted octanol–water partition coefficient (Wildman–Crippen LogP) is 2.50. The Hall–Kier alpha value is -1.68. The first-order valence-electron chi connectivity index (χ1n) is 8.12. The van der Waals surface area contributed by atoms with E-state index in [2.05, 4.69) is 70.5 Å². The fourth-order valence-electron chi connectivity index (χ4n) is 3.25. The zero-order chi connectivity index (χ0) is 15.2. The normalized spacial score (nSPS) is 18.2. The van der Waals surface area contributed by atoms with E-state index in [9.17, 15) is 0 Å². The molecule has 1 aliphatic rings. The van der Waals surface area contributed by atoms with E-state index in [-0.39, 0.29) is 0 Å². The molecule has 1 saturated heterocycles. The van der Waals surface area contributed by atoms with E-state index in [1.54, 1.807) is 0 Å². The lowest BCUT2D eigenvalue weighted by Crippen LogP contribution is -2.48. The summed E-state index contributed by atoms with van der Waals surface area (Å²) in [4.78, 5) is 5.06. The molecule has 1 atom stereocenters. The lowest BCUT2D eigenvalue weighted by atomic mass is 10.0. The fourth-order valence-corrected chi connectivity index (χ4v) is 3.25. The SMILES string of the molecule is NCC(c1ccccc1)N1CCN(Cc2ccccc2)CC1. The molecule has 2 N–H and O–H groups in total. The van der Waals surface area contributed by atoms with Crippen molar-refractivity contribution < 1.29 is 0 Å². The van der Waals surface area contributed by atoms with Gasteiger partial charge in [-0.05, 0) is 11.1 Å². The molecule has 0 bridgehead atoms. The van der Waals surface area contributed by atoms with Crippen LogP contribution in [0.5, 0.6) is 0 Å². The standard InChI is InChI=1S/C19H25N3/c20-15-19(18-9-5-2-6-10-18)22-13-11-21(12-14-22)16-17-7-3-1-4-8-17/h1-10,19H,11-16,20H2. The van der Waals surface area contributed by atoms with Crippen molar-refractivity contribution >= 4 is 0 Å². The third-order valence-corrected chi connectivity index (χ3v) is 4.50. The van der Waals surface area contributed by atoms with Gasteiger partial charge in [-0.2, -0.15) is 0 Å². The number of hydrogen-bond donors (Lipinski definition) is 1. The molecule has 116 valence electrons. The lowest BCUT2D eigenvalue weighted by molar-refractivity contribution is 0.0941. The van der Waals surface area contributed by atoms with E-state index < -0.39 is 0 Å². The van der Waals surface area contributed by atoms with Gasteiger partial charge < -0.3 is 5.73 Å². The average Bonchev–Trinajstić information content (AvgIpc) is 2.59. The van der Waals surface area contributed by atoms with Crippen molar-refractivity contribution in [2.75, 3.05) is 32.7 Å². The number of piperazine rings is 1. The number of nitrogens with zero attached hydrogens (tertiary/aromatic N) is 2. The maximum Gasteiger partial charge on any atom is 0.0471 e. The van der Waals surface area contributed by atoms with Crippen molar-refractivity contribution in [3.8, 4) is 0 Å². The van der Waals surface area contributed by atoms with Crippen LogP contribution in [-0.4, -0.2) is 42.5 Å². The summed E-state index contributed by atoms with van der Waals surface area (Å²) in [6.07, 6.45) is 0. The first-order valence-corrected chi connectivity index (χ1v) is 8.12. The molecule has 3 heteroatoms. The molecule has 0 spiro atoms. The van der Waals surface area contributed by atoms with Crippen molar-refractivity contribution in [3.63, 3.8) is 0 Å². The van der Waals surface area contributed by atoms with Gasteiger partial charge in [-0.15, -0.1) is 0 Å². The van der Waals surface area contributed by atoms with Gasteiger partial charge in [0.15, 0.2) is 0 Å². The summed E-state index contributed by atoms with van der Waals surface area (Å²) in [5, 5.41) is 0. The quantitative estimate of drug-likeness (QED) is 0.920. The molecule has 1 fully saturated rings. The van der Waals surface area contributed by atoms with Crippen LogP contribution in [0.2, 0.25) is 0 Å². The van der Waals surface area contributed by atoms with Gasteiger partial charge in [0.1, 0.15) is 0 Å². The van der Waals surface area contributed by atoms with Crippen LogP contribution in [0.15, 0.2) is 60.7 Å². The molecule has 0 aliphatic carbocycles. The molecule has 3 rings (SSSR count). The Balaban J connectivity index is 1.57. The molecule has 22 heavy (non-hydrogen) atoms. The van der Waals surface area contributed by atoms with E-state index in [1.807, 2.05) is 0 Å². The second-order valence-corrected chi connectivity index (χ2v) is 5.96. The Kier molecular flexibility index (Phi) is 5.22. The summed E-state index contributed by atoms with van der Waals surface area (Å²) in [5.74, 6) is 0. The predicted molar refractivity (Wildman–Crippen MR) is 91.5 cm³/mol. The van der Waals surface area contributed by atoms with Gasteiger partial charge in [0, 0.05) is 45.3 Å². The van der Waals surface area contributed by atoms with Crippen LogP contribution in [0.4, 0.5) is 0 Å². The highest BCUT2D eigenvalue weighted by molar-refractivity contribution is 5.20. The van der Waals surface area contributed by atoms with Crippen molar-refractivity contribution in [3.05, 3.63) is 71.8 Å². The molecule has 1 unspecified atom stereocenters. The van der Waals surface area contributed by atoms with Gasteiger partial charge in [-0.1, -0.05) is 60.7 Å². The molecule has 1 aliphatic heterocycles. The zero-order valence-electron chi connectivity index (χ0n) is 13.1. The zero-order valence-corrected chi connectivity index (χ0v) is 13.1. The first kappa shape index (κ1) is 15.2. The number of nitrogens with two attached hydrogens (primary N) is 1. The molecular weight excluding hydrogens is 270 g/mol. The molecule has 2 aromatic rings. The van der Waals surface area contributed by atoms with Crippen LogP contribution in [-0.2, 0) is 6.54 Å². The first-order chi connectivity index (χ1) is 10.9. The van der Waals surface area contributed by atoms with E-state index >= 15 is 0 Å². The summed E-state index contributed by atoms with van der Waals surface area (Å²) >= 11 is 0. The second kappa shape index (κ2) is 7.54. The van der Waals surface area contributed by atoms with Gasteiger partial charge in [0.2, 0.25) is 0 Å². The van der Waals surface area contributed by atoms with E-state index in [0.29, 0.717) is 12.6 Å². The summed E-state index contributed by atoms with van der Waals surface area (Å²) < 4.78 is 0. The minimum absolute atomic E-state index is 0.347. The Labute approximate surface area is 133 Å². The highest BCUT2D eigenvalue weighted by atomic mass is 15.3. The third kappa shape index (κ3) is 3.74. The van der Waals surface area contributed by atoms with Crippen LogP contribution in [0.25, 0.3) is 0 Å². The molecule has 0 aromatic heterocycles. The van der Waals surface area contributed by atoms with Crippen molar-refractivity contribution in [1.82, 2.24) is 9.80 Å². The Morgan fingerprint density at radius 1 is 0.818 bits per heavy atom. The second-order valence-electron chi connectivity index (χ2n) is 5.96. The van der Waals surface area contributed by atoms with Crippen LogP contribution < -0.4 is 5.73 Å². The summed E-state index contributed by atoms with van der Waals surface area (Å²) in [6.45, 7) is 6.12. The summed E-state index contributed by atoms with van der Waals surface area (Å²) in [6, 6.07) is 21.7. The highest BCUT2D eigenvalue weighted by Crippen LogP contribution is 2.21. The summed E-state index contributed by atoms with van der Waals surface area (Å²) in [5.41, 5.74) is 8.77. The molecule has 0 amide bonds. The maximum atomic E-state index is 6.04. The van der Waals surface area contributed by atoms with Gasteiger partial charge in [0.25, 0.3) is 0 Å². The Morgan fingerprint density at radius 3 is 2.00 bits per heavy atom. The topological polar surface area (TPSA) is 32.5 Å². The Bertz CT molecular complexity index is 547. The van der Waals surface area contributed by atoms with E-state index in [0.717, 1.165) is 32.7 Å². The number of rotatable bonds is 5. The van der Waals surface area contributed by atoms with Crippen LogP contribution in [0.1, 0.15) is 17.2 Å². The Morgan fingerprint density at radius 2 is 1.41 bits per heavy atom. The van der Waals surface area contributed by atoms with Crippen molar-refractivity contribution in [2.24, 2.45) is 5.73 Å². The van der Waals surface area contributed by atoms with E-state index in [4.69, 9.17) is 5.73 Å². The van der Waals surface area contributed by atoms with Crippen molar-refractivity contribution in [2.45, 2.75) is 12.6 Å². The van der Waals surface area contributed by atoms with Crippen LogP contribution in [0, 0.1) is 0 Å². The highest BCUT2D eigenvalue weighted by Gasteiger charge is 2.23. The van der Waals surface area contributed by atoms with Crippen LogP contribution >= 0.6 is 0 Å². The molecule has 3 nitrogen and oxygen atoms in total. The molecule has 1 heterocycles. The largest absolute Gasteiger partial charge is 0.329 e. The molecule has 2 aromatic carbocycles. The van der Waals surface area contributed by atoms with Gasteiger partial charge >= 0.3 is 0 Å². The lowest BCUT2D eigenvalue weighted by Gasteiger charge is -2.39. The number of benzene rings is 2. The van der Waals surface area contributed by atoms with E-state index in [1.165, 1.54) is 11.1 Å². The molecular formula is C19H25N3. The average molecular weight is 295 g/mol. The minimum atomic E-state index is 0.347. The van der Waals surface area contributed by atoms with Crippen LogP contribution in [0.3, 0.4) is 0 Å².